The Bertz CT molecular complexity index is 405. The smallest absolute Gasteiger partial charge is 0.254 e. The number of halogens is 1. The summed E-state index contributed by atoms with van der Waals surface area (Å²) in [5.41, 5.74) is -0.0423. The van der Waals surface area contributed by atoms with Gasteiger partial charge in [-0.3, -0.25) is 4.79 Å². The van der Waals surface area contributed by atoms with Gasteiger partial charge in [0.25, 0.3) is 5.91 Å². The van der Waals surface area contributed by atoms with Crippen LogP contribution in [0.2, 0.25) is 0 Å². The predicted molar refractivity (Wildman–Crippen MR) is 68.8 cm³/mol. The molecule has 1 amide bonds. The van der Waals surface area contributed by atoms with Gasteiger partial charge in [0, 0.05) is 13.2 Å². The fraction of sp³-hybridized carbons (Fsp3) is 0.500. The second-order valence-electron chi connectivity index (χ2n) is 5.15. The Labute approximate surface area is 107 Å². The number of nitrogens with one attached hydrogen (secondary N) is 1. The van der Waals surface area contributed by atoms with Crippen LogP contribution in [-0.4, -0.2) is 24.2 Å². The number of aliphatic hydroxyl groups excluding tert-OH is 1. The lowest BCUT2D eigenvalue weighted by molar-refractivity contribution is 0.0929. The number of carbonyl (C=O) groups is 1. The quantitative estimate of drug-likeness (QED) is 0.817. The van der Waals surface area contributed by atoms with E-state index in [0.717, 1.165) is 6.42 Å². The van der Waals surface area contributed by atoms with Crippen molar-refractivity contribution in [2.24, 2.45) is 5.41 Å². The Kier molecular flexibility index (Phi) is 5.28. The molecule has 0 saturated carbocycles. The molecule has 0 radical (unpaired) electrons. The van der Waals surface area contributed by atoms with Crippen LogP contribution < -0.4 is 5.32 Å². The van der Waals surface area contributed by atoms with E-state index in [1.807, 2.05) is 13.8 Å². The minimum absolute atomic E-state index is 0.0652. The maximum absolute atomic E-state index is 13.4. The second-order valence-corrected chi connectivity index (χ2v) is 5.15. The molecular formula is C14H20FNO2. The van der Waals surface area contributed by atoms with Crippen LogP contribution >= 0.6 is 0 Å². The average Bonchev–Trinajstić information content (AvgIpc) is 2.34. The van der Waals surface area contributed by atoms with Gasteiger partial charge in [-0.15, -0.1) is 0 Å². The van der Waals surface area contributed by atoms with Gasteiger partial charge in [0.1, 0.15) is 5.82 Å². The lowest BCUT2D eigenvalue weighted by atomic mass is 9.88. The van der Waals surface area contributed by atoms with E-state index in [4.69, 9.17) is 5.11 Å². The van der Waals surface area contributed by atoms with Crippen molar-refractivity contribution >= 4 is 5.91 Å². The van der Waals surface area contributed by atoms with Gasteiger partial charge in [0.15, 0.2) is 0 Å². The third kappa shape index (κ3) is 4.45. The second kappa shape index (κ2) is 6.50. The van der Waals surface area contributed by atoms with Crippen molar-refractivity contribution in [3.63, 3.8) is 0 Å². The van der Waals surface area contributed by atoms with Gasteiger partial charge in [0.2, 0.25) is 0 Å². The molecule has 18 heavy (non-hydrogen) atoms. The number of hydrogen-bond donors (Lipinski definition) is 2. The van der Waals surface area contributed by atoms with Gasteiger partial charge < -0.3 is 10.4 Å². The van der Waals surface area contributed by atoms with E-state index >= 15 is 0 Å². The molecule has 2 N–H and O–H groups in total. The number of benzene rings is 1. The summed E-state index contributed by atoms with van der Waals surface area (Å²) >= 11 is 0. The Morgan fingerprint density at radius 3 is 2.67 bits per heavy atom. The molecule has 0 heterocycles. The summed E-state index contributed by atoms with van der Waals surface area (Å²) in [5, 5.41) is 11.5. The SMILES string of the molecule is CC(C)(CCCO)CNC(=O)c1ccccc1F. The zero-order valence-corrected chi connectivity index (χ0v) is 10.9. The maximum atomic E-state index is 13.4. The van der Waals surface area contributed by atoms with Crippen LogP contribution in [0.4, 0.5) is 4.39 Å². The van der Waals surface area contributed by atoms with E-state index in [1.165, 1.54) is 12.1 Å². The molecular weight excluding hydrogens is 233 g/mol. The van der Waals surface area contributed by atoms with Crippen molar-refractivity contribution < 1.29 is 14.3 Å². The molecule has 0 unspecified atom stereocenters. The van der Waals surface area contributed by atoms with E-state index in [9.17, 15) is 9.18 Å². The van der Waals surface area contributed by atoms with Crippen LogP contribution in [0, 0.1) is 11.2 Å². The Morgan fingerprint density at radius 1 is 1.39 bits per heavy atom. The van der Waals surface area contributed by atoms with Crippen molar-refractivity contribution in [3.8, 4) is 0 Å². The van der Waals surface area contributed by atoms with Gasteiger partial charge in [-0.25, -0.2) is 4.39 Å². The van der Waals surface area contributed by atoms with Crippen LogP contribution in [0.15, 0.2) is 24.3 Å². The summed E-state index contributed by atoms with van der Waals surface area (Å²) < 4.78 is 13.4. The van der Waals surface area contributed by atoms with Gasteiger partial charge in [-0.1, -0.05) is 26.0 Å². The molecule has 1 aromatic carbocycles. The van der Waals surface area contributed by atoms with Crippen LogP contribution in [0.1, 0.15) is 37.0 Å². The first-order valence-corrected chi connectivity index (χ1v) is 6.10. The van der Waals surface area contributed by atoms with Gasteiger partial charge >= 0.3 is 0 Å². The maximum Gasteiger partial charge on any atom is 0.254 e. The van der Waals surface area contributed by atoms with E-state index < -0.39 is 11.7 Å². The van der Waals surface area contributed by atoms with Gasteiger partial charge in [0.05, 0.1) is 5.56 Å². The molecule has 0 aliphatic rings. The largest absolute Gasteiger partial charge is 0.396 e. The van der Waals surface area contributed by atoms with Crippen molar-refractivity contribution in [1.29, 1.82) is 0 Å². The number of hydrogen-bond acceptors (Lipinski definition) is 2. The Morgan fingerprint density at radius 2 is 2.06 bits per heavy atom. The van der Waals surface area contributed by atoms with Crippen molar-refractivity contribution in [2.75, 3.05) is 13.2 Å². The molecule has 0 saturated heterocycles. The average molecular weight is 253 g/mol. The summed E-state index contributed by atoms with van der Waals surface area (Å²) in [6, 6.07) is 5.92. The molecule has 0 aliphatic carbocycles. The van der Waals surface area contributed by atoms with E-state index in [1.54, 1.807) is 12.1 Å². The summed E-state index contributed by atoms with van der Waals surface area (Å²) in [5.74, 6) is -0.909. The fourth-order valence-electron chi connectivity index (χ4n) is 1.71. The standard InChI is InChI=1S/C14H20FNO2/c1-14(2,8-5-9-17)10-16-13(18)11-6-3-4-7-12(11)15/h3-4,6-7,17H,5,8-10H2,1-2H3,(H,16,18). The summed E-state index contributed by atoms with van der Waals surface area (Å²) in [6.07, 6.45) is 1.50. The molecule has 0 aliphatic heterocycles. The van der Waals surface area contributed by atoms with Crippen LogP contribution in [0.25, 0.3) is 0 Å². The minimum atomic E-state index is -0.511. The summed E-state index contributed by atoms with van der Waals surface area (Å²) in [4.78, 5) is 11.8. The highest BCUT2D eigenvalue weighted by Gasteiger charge is 2.19. The van der Waals surface area contributed by atoms with Gasteiger partial charge in [-0.2, -0.15) is 0 Å². The van der Waals surface area contributed by atoms with E-state index in [0.29, 0.717) is 13.0 Å². The Hall–Kier alpha value is -1.42. The zero-order chi connectivity index (χ0) is 13.6. The summed E-state index contributed by atoms with van der Waals surface area (Å²) in [6.45, 7) is 4.61. The molecule has 1 aromatic rings. The third-order valence-electron chi connectivity index (χ3n) is 2.86. The summed E-state index contributed by atoms with van der Waals surface area (Å²) in [7, 11) is 0. The normalized spacial score (nSPS) is 11.3. The highest BCUT2D eigenvalue weighted by Crippen LogP contribution is 2.21. The Balaban J connectivity index is 2.54. The first-order valence-electron chi connectivity index (χ1n) is 6.10. The van der Waals surface area contributed by atoms with Crippen LogP contribution in [-0.2, 0) is 0 Å². The number of carbonyl (C=O) groups excluding carboxylic acids is 1. The van der Waals surface area contributed by atoms with Crippen LogP contribution in [0.5, 0.6) is 0 Å². The van der Waals surface area contributed by atoms with Gasteiger partial charge in [-0.05, 0) is 30.4 Å². The van der Waals surface area contributed by atoms with Crippen molar-refractivity contribution in [3.05, 3.63) is 35.6 Å². The predicted octanol–water partition coefficient (Wildman–Crippen LogP) is 2.35. The monoisotopic (exact) mass is 253 g/mol. The molecule has 1 rings (SSSR count). The number of aliphatic hydroxyl groups is 1. The minimum Gasteiger partial charge on any atom is -0.396 e. The van der Waals surface area contributed by atoms with Crippen LogP contribution in [0.3, 0.4) is 0 Å². The van der Waals surface area contributed by atoms with Crippen molar-refractivity contribution in [1.82, 2.24) is 5.32 Å². The first kappa shape index (κ1) is 14.6. The number of rotatable bonds is 6. The molecule has 100 valence electrons. The lowest BCUT2D eigenvalue weighted by Crippen LogP contribution is -2.34. The highest BCUT2D eigenvalue weighted by atomic mass is 19.1. The molecule has 0 fully saturated rings. The third-order valence-corrected chi connectivity index (χ3v) is 2.86. The topological polar surface area (TPSA) is 49.3 Å². The molecule has 0 atom stereocenters. The molecule has 0 aromatic heterocycles. The van der Waals surface area contributed by atoms with Crippen molar-refractivity contribution in [2.45, 2.75) is 26.7 Å². The molecule has 3 nitrogen and oxygen atoms in total. The molecule has 4 heteroatoms. The molecule has 0 spiro atoms. The van der Waals surface area contributed by atoms with E-state index in [-0.39, 0.29) is 17.6 Å². The first-order chi connectivity index (χ1) is 8.46. The number of amides is 1. The zero-order valence-electron chi connectivity index (χ0n) is 10.9. The fourth-order valence-corrected chi connectivity index (χ4v) is 1.71. The highest BCUT2D eigenvalue weighted by molar-refractivity contribution is 5.94. The lowest BCUT2D eigenvalue weighted by Gasteiger charge is -2.24. The van der Waals surface area contributed by atoms with E-state index in [2.05, 4.69) is 5.32 Å². The molecule has 0 bridgehead atoms.